The third-order valence-electron chi connectivity index (χ3n) is 2.98. The Labute approximate surface area is 130 Å². The number of hydrogen-bond donors (Lipinski definition) is 2. The Morgan fingerprint density at radius 2 is 1.81 bits per heavy atom. The lowest BCUT2D eigenvalue weighted by molar-refractivity contribution is -0.387. The first-order valence-corrected chi connectivity index (χ1v) is 7.73. The van der Waals surface area contributed by atoms with Gasteiger partial charge >= 0.3 is 0 Å². The smallest absolute Gasteiger partial charge is 0.289 e. The van der Waals surface area contributed by atoms with Gasteiger partial charge in [0.1, 0.15) is 0 Å². The molecule has 0 saturated carbocycles. The highest BCUT2D eigenvalue weighted by molar-refractivity contribution is 7.89. The summed E-state index contributed by atoms with van der Waals surface area (Å²) in [4.78, 5) is 10.0. The van der Waals surface area contributed by atoms with Crippen molar-refractivity contribution in [1.82, 2.24) is 4.72 Å². The van der Waals surface area contributed by atoms with E-state index in [1.165, 1.54) is 12.1 Å². The molecule has 0 aliphatic heterocycles. The van der Waals surface area contributed by atoms with E-state index in [-0.39, 0.29) is 23.8 Å². The van der Waals surface area contributed by atoms with Gasteiger partial charge in [-0.2, -0.15) is 0 Å². The number of nitrogens with one attached hydrogen (secondary N) is 1. The molecule has 0 fully saturated rings. The summed E-state index contributed by atoms with van der Waals surface area (Å²) in [5, 5.41) is 11.0. The summed E-state index contributed by atoms with van der Waals surface area (Å²) in [6, 6.07) is 2.61. The minimum atomic E-state index is -3.89. The molecule has 0 spiro atoms. The minimum absolute atomic E-state index is 0. The number of nitro groups is 1. The van der Waals surface area contributed by atoms with E-state index in [2.05, 4.69) is 4.72 Å². The summed E-state index contributed by atoms with van der Waals surface area (Å²) in [6.45, 7) is 4.11. The van der Waals surface area contributed by atoms with Crippen molar-refractivity contribution < 1.29 is 13.3 Å². The molecule has 9 heteroatoms. The number of sulfonamides is 1. The lowest BCUT2D eigenvalue weighted by Crippen LogP contribution is -2.26. The summed E-state index contributed by atoms with van der Waals surface area (Å²) in [7, 11) is -3.89. The first-order chi connectivity index (χ1) is 9.29. The molecule has 21 heavy (non-hydrogen) atoms. The standard InChI is InChI=1S/C12H19N3O4S.ClH/c1-9-7-11(15(16)17)12(8-10(9)2)20(18,19)14-6-4-3-5-13;/h7-8,14H,3-6,13H2,1-2H3;1H. The lowest BCUT2D eigenvalue weighted by Gasteiger charge is -2.09. The maximum atomic E-state index is 12.1. The second-order valence-corrected chi connectivity index (χ2v) is 6.29. The number of nitrogens with zero attached hydrogens (tertiary/aromatic N) is 1. The van der Waals surface area contributed by atoms with Gasteiger partial charge in [0, 0.05) is 12.6 Å². The molecule has 0 amide bonds. The van der Waals surface area contributed by atoms with Gasteiger partial charge in [0.05, 0.1) is 4.92 Å². The molecule has 0 aliphatic carbocycles. The van der Waals surface area contributed by atoms with Crippen molar-refractivity contribution in [1.29, 1.82) is 0 Å². The maximum absolute atomic E-state index is 12.1. The Bertz CT molecular complexity index is 605. The molecule has 0 heterocycles. The predicted octanol–water partition coefficient (Wildman–Crippen LogP) is 1.65. The molecule has 1 aromatic rings. The van der Waals surface area contributed by atoms with E-state index in [4.69, 9.17) is 5.73 Å². The van der Waals surface area contributed by atoms with Crippen molar-refractivity contribution in [2.45, 2.75) is 31.6 Å². The van der Waals surface area contributed by atoms with Crippen LogP contribution in [0.5, 0.6) is 0 Å². The van der Waals surface area contributed by atoms with E-state index in [1.54, 1.807) is 13.8 Å². The van der Waals surface area contributed by atoms with Gasteiger partial charge in [-0.05, 0) is 50.4 Å². The van der Waals surface area contributed by atoms with Gasteiger partial charge in [0.2, 0.25) is 10.0 Å². The largest absolute Gasteiger partial charge is 0.330 e. The van der Waals surface area contributed by atoms with E-state index in [0.717, 1.165) is 0 Å². The third-order valence-corrected chi connectivity index (χ3v) is 4.47. The quantitative estimate of drug-likeness (QED) is 0.446. The van der Waals surface area contributed by atoms with E-state index in [9.17, 15) is 18.5 Å². The van der Waals surface area contributed by atoms with Crippen LogP contribution in [0.4, 0.5) is 5.69 Å². The molecule has 3 N–H and O–H groups in total. The SMILES string of the molecule is Cc1cc([N+](=O)[O-])c(S(=O)(=O)NCCCCN)cc1C.Cl. The number of nitro benzene ring substituents is 1. The predicted molar refractivity (Wildman–Crippen MR) is 83.3 cm³/mol. The molecule has 0 aromatic heterocycles. The maximum Gasteiger partial charge on any atom is 0.289 e. The van der Waals surface area contributed by atoms with Gasteiger partial charge in [-0.1, -0.05) is 0 Å². The molecular formula is C12H20ClN3O4S. The van der Waals surface area contributed by atoms with Gasteiger partial charge in [-0.15, -0.1) is 12.4 Å². The molecule has 7 nitrogen and oxygen atoms in total. The Hall–Kier alpha value is -1.22. The van der Waals surface area contributed by atoms with E-state index >= 15 is 0 Å². The number of hydrogen-bond acceptors (Lipinski definition) is 5. The topological polar surface area (TPSA) is 115 Å². The Morgan fingerprint density at radius 1 is 1.24 bits per heavy atom. The van der Waals surface area contributed by atoms with Gasteiger partial charge in [0.25, 0.3) is 5.69 Å². The van der Waals surface area contributed by atoms with Crippen molar-refractivity contribution in [2.24, 2.45) is 5.73 Å². The first kappa shape index (κ1) is 19.8. The summed E-state index contributed by atoms with van der Waals surface area (Å²) in [6.07, 6.45) is 1.28. The van der Waals surface area contributed by atoms with E-state index in [1.807, 2.05) is 0 Å². The van der Waals surface area contributed by atoms with Crippen molar-refractivity contribution in [3.8, 4) is 0 Å². The average Bonchev–Trinajstić information content (AvgIpc) is 2.37. The van der Waals surface area contributed by atoms with Crippen LogP contribution >= 0.6 is 12.4 Å². The molecule has 0 unspecified atom stereocenters. The van der Waals surface area contributed by atoms with Crippen LogP contribution in [0.25, 0.3) is 0 Å². The highest BCUT2D eigenvalue weighted by Crippen LogP contribution is 2.27. The zero-order chi connectivity index (χ0) is 15.3. The molecule has 0 atom stereocenters. The van der Waals surface area contributed by atoms with Gasteiger partial charge in [-0.3, -0.25) is 10.1 Å². The second kappa shape index (κ2) is 8.28. The van der Waals surface area contributed by atoms with Crippen molar-refractivity contribution >= 4 is 28.1 Å². The summed E-state index contributed by atoms with van der Waals surface area (Å²) >= 11 is 0. The second-order valence-electron chi connectivity index (χ2n) is 4.55. The van der Waals surface area contributed by atoms with Crippen LogP contribution in [0.1, 0.15) is 24.0 Å². The molecule has 0 aliphatic rings. The fourth-order valence-electron chi connectivity index (χ4n) is 1.69. The molecule has 0 saturated heterocycles. The van der Waals surface area contributed by atoms with E-state index < -0.39 is 20.6 Å². The summed E-state index contributed by atoms with van der Waals surface area (Å²) < 4.78 is 26.6. The van der Waals surface area contributed by atoms with E-state index in [0.29, 0.717) is 30.5 Å². The zero-order valence-corrected chi connectivity index (χ0v) is 13.6. The molecular weight excluding hydrogens is 318 g/mol. The molecule has 1 rings (SSSR count). The highest BCUT2D eigenvalue weighted by atomic mass is 35.5. The lowest BCUT2D eigenvalue weighted by atomic mass is 10.1. The number of nitrogens with two attached hydrogens (primary N) is 1. The molecule has 120 valence electrons. The fraction of sp³-hybridized carbons (Fsp3) is 0.500. The monoisotopic (exact) mass is 337 g/mol. The van der Waals surface area contributed by atoms with Gasteiger partial charge in [-0.25, -0.2) is 13.1 Å². The van der Waals surface area contributed by atoms with Gasteiger partial charge in [0.15, 0.2) is 4.90 Å². The summed E-state index contributed by atoms with van der Waals surface area (Å²) in [5.41, 5.74) is 6.29. The van der Waals surface area contributed by atoms with Crippen molar-refractivity contribution in [3.05, 3.63) is 33.4 Å². The molecule has 0 bridgehead atoms. The third kappa shape index (κ3) is 5.24. The number of benzene rings is 1. The number of unbranched alkanes of at least 4 members (excludes halogenated alkanes) is 1. The molecule has 1 aromatic carbocycles. The van der Waals surface area contributed by atoms with Crippen LogP contribution in [-0.4, -0.2) is 26.4 Å². The minimum Gasteiger partial charge on any atom is -0.330 e. The Balaban J connectivity index is 0.00000400. The Kier molecular flexibility index (Phi) is 7.80. The van der Waals surface area contributed by atoms with Crippen molar-refractivity contribution in [3.63, 3.8) is 0 Å². The number of halogens is 1. The average molecular weight is 338 g/mol. The van der Waals surface area contributed by atoms with Crippen molar-refractivity contribution in [2.75, 3.05) is 13.1 Å². The Morgan fingerprint density at radius 3 is 2.33 bits per heavy atom. The normalized spacial score (nSPS) is 11.0. The highest BCUT2D eigenvalue weighted by Gasteiger charge is 2.26. The van der Waals surface area contributed by atoms with Crippen LogP contribution in [0.15, 0.2) is 17.0 Å². The van der Waals surface area contributed by atoms with Crippen LogP contribution in [0.3, 0.4) is 0 Å². The summed E-state index contributed by atoms with van der Waals surface area (Å²) in [5.74, 6) is 0. The van der Waals surface area contributed by atoms with Crippen LogP contribution in [-0.2, 0) is 10.0 Å². The first-order valence-electron chi connectivity index (χ1n) is 6.25. The zero-order valence-electron chi connectivity index (χ0n) is 12.0. The number of rotatable bonds is 7. The van der Waals surface area contributed by atoms with Crippen LogP contribution in [0.2, 0.25) is 0 Å². The fourth-order valence-corrected chi connectivity index (χ4v) is 3.00. The van der Waals surface area contributed by atoms with Crippen LogP contribution in [0, 0.1) is 24.0 Å². The van der Waals surface area contributed by atoms with Gasteiger partial charge < -0.3 is 5.73 Å². The van der Waals surface area contributed by atoms with Crippen LogP contribution < -0.4 is 10.5 Å². The number of aryl methyl sites for hydroxylation is 2. The molecule has 0 radical (unpaired) electrons.